The van der Waals surface area contributed by atoms with Crippen molar-refractivity contribution in [2.24, 2.45) is 5.73 Å². The summed E-state index contributed by atoms with van der Waals surface area (Å²) in [5.41, 5.74) is 5.42. The Morgan fingerprint density at radius 1 is 1.71 bits per heavy atom. The molecule has 0 aromatic carbocycles. The minimum Gasteiger partial charge on any atom is -0.478 e. The molecule has 0 amide bonds. The zero-order valence-electron chi connectivity index (χ0n) is 7.33. The first kappa shape index (κ1) is 10.9. The number of nitrogens with two attached hydrogens (primary N) is 1. The monoisotopic (exact) mass is 259 g/mol. The number of halogens is 1. The van der Waals surface area contributed by atoms with E-state index in [4.69, 9.17) is 10.8 Å². The highest BCUT2D eigenvalue weighted by Gasteiger charge is 2.11. The van der Waals surface area contributed by atoms with Gasteiger partial charge in [0.15, 0.2) is 0 Å². The summed E-state index contributed by atoms with van der Waals surface area (Å²) in [7, 11) is 0. The van der Waals surface area contributed by atoms with Gasteiger partial charge in [-0.1, -0.05) is 0 Å². The SMILES string of the molecule is NCCNc1ncc(Br)cc1C(=O)O. The molecule has 4 N–H and O–H groups in total. The van der Waals surface area contributed by atoms with Crippen molar-refractivity contribution in [2.75, 3.05) is 18.4 Å². The number of hydrogen-bond acceptors (Lipinski definition) is 4. The number of pyridine rings is 1. The van der Waals surface area contributed by atoms with Gasteiger partial charge < -0.3 is 16.2 Å². The topological polar surface area (TPSA) is 88.2 Å². The van der Waals surface area contributed by atoms with E-state index >= 15 is 0 Å². The van der Waals surface area contributed by atoms with E-state index in [1.54, 1.807) is 0 Å². The molecule has 0 aliphatic heterocycles. The number of hydrogen-bond donors (Lipinski definition) is 3. The Bertz CT molecular complexity index is 343. The van der Waals surface area contributed by atoms with E-state index in [0.717, 1.165) is 0 Å². The number of aromatic carboxylic acids is 1. The number of carboxylic acids is 1. The fraction of sp³-hybridized carbons (Fsp3) is 0.250. The Morgan fingerprint density at radius 3 is 3.00 bits per heavy atom. The van der Waals surface area contributed by atoms with Crippen LogP contribution < -0.4 is 11.1 Å². The molecule has 0 spiro atoms. The molecule has 0 saturated carbocycles. The van der Waals surface area contributed by atoms with Crippen molar-refractivity contribution in [1.82, 2.24) is 4.98 Å². The van der Waals surface area contributed by atoms with E-state index in [2.05, 4.69) is 26.2 Å². The Labute approximate surface area is 89.5 Å². The molecule has 1 aromatic heterocycles. The number of aromatic nitrogens is 1. The maximum absolute atomic E-state index is 10.8. The van der Waals surface area contributed by atoms with Crippen LogP contribution in [-0.2, 0) is 0 Å². The molecular weight excluding hydrogens is 250 g/mol. The molecule has 0 aliphatic carbocycles. The molecule has 1 heterocycles. The number of carbonyl (C=O) groups is 1. The fourth-order valence-corrected chi connectivity index (χ4v) is 1.27. The molecule has 0 aliphatic rings. The van der Waals surface area contributed by atoms with Gasteiger partial charge in [0.2, 0.25) is 0 Å². The molecule has 0 bridgehead atoms. The quantitative estimate of drug-likeness (QED) is 0.748. The van der Waals surface area contributed by atoms with Gasteiger partial charge in [0.1, 0.15) is 11.4 Å². The van der Waals surface area contributed by atoms with E-state index in [9.17, 15) is 4.79 Å². The van der Waals surface area contributed by atoms with Crippen molar-refractivity contribution in [3.8, 4) is 0 Å². The lowest BCUT2D eigenvalue weighted by molar-refractivity contribution is 0.0697. The summed E-state index contributed by atoms with van der Waals surface area (Å²) < 4.78 is 0.633. The van der Waals surface area contributed by atoms with Crippen LogP contribution >= 0.6 is 15.9 Å². The second-order valence-corrected chi connectivity index (χ2v) is 3.49. The van der Waals surface area contributed by atoms with Gasteiger partial charge in [-0.25, -0.2) is 9.78 Å². The zero-order chi connectivity index (χ0) is 10.6. The Hall–Kier alpha value is -1.14. The van der Waals surface area contributed by atoms with Crippen LogP contribution in [0.2, 0.25) is 0 Å². The molecule has 14 heavy (non-hydrogen) atoms. The molecule has 0 fully saturated rings. The van der Waals surface area contributed by atoms with Gasteiger partial charge in [-0.15, -0.1) is 0 Å². The normalized spacial score (nSPS) is 9.86. The van der Waals surface area contributed by atoms with Gasteiger partial charge in [0, 0.05) is 23.8 Å². The number of nitrogens with zero attached hydrogens (tertiary/aromatic N) is 1. The highest BCUT2D eigenvalue weighted by Crippen LogP contribution is 2.17. The zero-order valence-corrected chi connectivity index (χ0v) is 8.91. The molecule has 6 heteroatoms. The van der Waals surface area contributed by atoms with Crippen LogP contribution in [0.1, 0.15) is 10.4 Å². The Kier molecular flexibility index (Phi) is 3.84. The standard InChI is InChI=1S/C8H10BrN3O2/c9-5-3-6(8(13)14)7(12-4-5)11-2-1-10/h3-4H,1-2,10H2,(H,11,12)(H,13,14). The van der Waals surface area contributed by atoms with Gasteiger partial charge >= 0.3 is 5.97 Å². The third-order valence-corrected chi connectivity index (χ3v) is 1.96. The summed E-state index contributed by atoms with van der Waals surface area (Å²) in [6.45, 7) is 0.922. The molecule has 0 saturated heterocycles. The highest BCUT2D eigenvalue weighted by molar-refractivity contribution is 9.10. The van der Waals surface area contributed by atoms with Crippen molar-refractivity contribution in [1.29, 1.82) is 0 Å². The fourth-order valence-electron chi connectivity index (χ4n) is 0.934. The number of rotatable bonds is 4. The number of carboxylic acid groups (broad SMARTS) is 1. The summed E-state index contributed by atoms with van der Waals surface area (Å²) in [6, 6.07) is 1.49. The lowest BCUT2D eigenvalue weighted by Gasteiger charge is -2.06. The average Bonchev–Trinajstić information content (AvgIpc) is 2.15. The molecule has 1 rings (SSSR count). The molecule has 76 valence electrons. The van der Waals surface area contributed by atoms with Crippen LogP contribution in [0, 0.1) is 0 Å². The van der Waals surface area contributed by atoms with Crippen LogP contribution in [0.15, 0.2) is 16.7 Å². The van der Waals surface area contributed by atoms with Crippen LogP contribution in [0.3, 0.4) is 0 Å². The molecular formula is C8H10BrN3O2. The third-order valence-electron chi connectivity index (χ3n) is 1.52. The summed E-state index contributed by atoms with van der Waals surface area (Å²) in [5.74, 6) is -0.676. The largest absolute Gasteiger partial charge is 0.478 e. The maximum Gasteiger partial charge on any atom is 0.339 e. The first-order valence-corrected chi connectivity index (χ1v) is 4.77. The molecule has 0 atom stereocenters. The lowest BCUT2D eigenvalue weighted by Crippen LogP contribution is -2.16. The summed E-state index contributed by atoms with van der Waals surface area (Å²) in [5, 5.41) is 11.7. The van der Waals surface area contributed by atoms with Crippen LogP contribution in [-0.4, -0.2) is 29.1 Å². The van der Waals surface area contributed by atoms with Crippen LogP contribution in [0.25, 0.3) is 0 Å². The first-order valence-electron chi connectivity index (χ1n) is 3.98. The lowest BCUT2D eigenvalue weighted by atomic mass is 10.2. The van der Waals surface area contributed by atoms with E-state index < -0.39 is 5.97 Å². The summed E-state index contributed by atoms with van der Waals surface area (Å²) in [4.78, 5) is 14.7. The molecule has 5 nitrogen and oxygen atoms in total. The minimum absolute atomic E-state index is 0.132. The highest BCUT2D eigenvalue weighted by atomic mass is 79.9. The van der Waals surface area contributed by atoms with Crippen molar-refractivity contribution in [3.05, 3.63) is 22.3 Å². The Balaban J connectivity index is 2.96. The van der Waals surface area contributed by atoms with Crippen LogP contribution in [0.5, 0.6) is 0 Å². The van der Waals surface area contributed by atoms with E-state index in [0.29, 0.717) is 23.4 Å². The van der Waals surface area contributed by atoms with E-state index in [1.807, 2.05) is 0 Å². The second kappa shape index (κ2) is 4.92. The first-order chi connectivity index (χ1) is 6.65. The number of nitrogens with one attached hydrogen (secondary N) is 1. The molecule has 1 aromatic rings. The predicted octanol–water partition coefficient (Wildman–Crippen LogP) is 0.913. The summed E-state index contributed by atoms with van der Waals surface area (Å²) >= 11 is 3.15. The van der Waals surface area contributed by atoms with Gasteiger partial charge in [-0.3, -0.25) is 0 Å². The van der Waals surface area contributed by atoms with E-state index in [-0.39, 0.29) is 5.56 Å². The predicted molar refractivity (Wildman–Crippen MR) is 56.4 cm³/mol. The second-order valence-electron chi connectivity index (χ2n) is 2.57. The number of anilines is 1. The van der Waals surface area contributed by atoms with Crippen molar-refractivity contribution in [3.63, 3.8) is 0 Å². The van der Waals surface area contributed by atoms with Gasteiger partial charge in [0.05, 0.1) is 0 Å². The minimum atomic E-state index is -1.02. The smallest absolute Gasteiger partial charge is 0.339 e. The van der Waals surface area contributed by atoms with Crippen LogP contribution in [0.4, 0.5) is 5.82 Å². The molecule has 0 unspecified atom stereocenters. The van der Waals surface area contributed by atoms with E-state index in [1.165, 1.54) is 12.3 Å². The maximum atomic E-state index is 10.8. The summed E-state index contributed by atoms with van der Waals surface area (Å²) in [6.07, 6.45) is 1.53. The molecule has 0 radical (unpaired) electrons. The van der Waals surface area contributed by atoms with Gasteiger partial charge in [-0.05, 0) is 22.0 Å². The van der Waals surface area contributed by atoms with Crippen molar-refractivity contribution < 1.29 is 9.90 Å². The third kappa shape index (κ3) is 2.68. The van der Waals surface area contributed by atoms with Gasteiger partial charge in [0.25, 0.3) is 0 Å². The van der Waals surface area contributed by atoms with Gasteiger partial charge in [-0.2, -0.15) is 0 Å². The Morgan fingerprint density at radius 2 is 2.43 bits per heavy atom. The average molecular weight is 260 g/mol. The van der Waals surface area contributed by atoms with Crippen molar-refractivity contribution in [2.45, 2.75) is 0 Å². The van der Waals surface area contributed by atoms with Crippen molar-refractivity contribution >= 4 is 27.7 Å².